The third kappa shape index (κ3) is 2.14. The smallest absolute Gasteiger partial charge is 0.428 e. The number of nitrogens with zero attached hydrogens (tertiary/aromatic N) is 1. The summed E-state index contributed by atoms with van der Waals surface area (Å²) in [5, 5.41) is 0.905. The van der Waals surface area contributed by atoms with Gasteiger partial charge < -0.3 is 9.47 Å². The molecule has 1 aromatic rings. The van der Waals surface area contributed by atoms with Gasteiger partial charge in [-0.15, -0.1) is 0 Å². The highest BCUT2D eigenvalue weighted by Gasteiger charge is 2.11. The Bertz CT molecular complexity index is 328. The van der Waals surface area contributed by atoms with Gasteiger partial charge in [-0.05, 0) is 12.1 Å². The van der Waals surface area contributed by atoms with Crippen LogP contribution in [0.4, 0.5) is 10.5 Å². The molecule has 1 amide bonds. The topological polar surface area (TPSA) is 64.8 Å². The third-order valence-electron chi connectivity index (χ3n) is 1.70. The van der Waals surface area contributed by atoms with E-state index in [2.05, 4.69) is 4.74 Å². The standard InChI is InChI=1S/C9H12N2O3/c1-13-8-5-3-4-7(6-8)11(10)9(12)14-2/h3-6H,10H2,1-2H3. The Labute approximate surface area is 82.0 Å². The molecular formula is C9H12N2O3. The lowest BCUT2D eigenvalue weighted by atomic mass is 10.3. The van der Waals surface area contributed by atoms with Crippen molar-refractivity contribution < 1.29 is 14.3 Å². The van der Waals surface area contributed by atoms with E-state index in [9.17, 15) is 4.79 Å². The number of ether oxygens (including phenoxy) is 2. The molecule has 0 bridgehead atoms. The minimum absolute atomic E-state index is 0.510. The first kappa shape index (κ1) is 10.3. The molecule has 0 atom stereocenters. The Morgan fingerprint density at radius 3 is 2.71 bits per heavy atom. The number of methoxy groups -OCH3 is 2. The average molecular weight is 196 g/mol. The molecule has 0 fully saturated rings. The Morgan fingerprint density at radius 1 is 1.43 bits per heavy atom. The van der Waals surface area contributed by atoms with Gasteiger partial charge in [-0.1, -0.05) is 6.07 Å². The summed E-state index contributed by atoms with van der Waals surface area (Å²) in [6.07, 6.45) is -0.627. The second-order valence-electron chi connectivity index (χ2n) is 2.54. The average Bonchev–Trinajstić information content (AvgIpc) is 2.27. The normalized spacial score (nSPS) is 9.36. The number of anilines is 1. The summed E-state index contributed by atoms with van der Waals surface area (Å²) in [6.45, 7) is 0. The monoisotopic (exact) mass is 196 g/mol. The van der Waals surface area contributed by atoms with Crippen LogP contribution in [-0.4, -0.2) is 20.3 Å². The number of hydrogen-bond donors (Lipinski definition) is 1. The van der Waals surface area contributed by atoms with Gasteiger partial charge in [0.2, 0.25) is 0 Å². The molecule has 0 spiro atoms. The molecule has 2 N–H and O–H groups in total. The second-order valence-corrected chi connectivity index (χ2v) is 2.54. The van der Waals surface area contributed by atoms with Crippen LogP contribution < -0.4 is 15.6 Å². The van der Waals surface area contributed by atoms with Crippen molar-refractivity contribution in [3.8, 4) is 5.75 Å². The first-order valence-corrected chi connectivity index (χ1v) is 3.96. The van der Waals surface area contributed by atoms with E-state index in [0.717, 1.165) is 5.01 Å². The minimum Gasteiger partial charge on any atom is -0.497 e. The van der Waals surface area contributed by atoms with E-state index in [0.29, 0.717) is 11.4 Å². The van der Waals surface area contributed by atoms with Gasteiger partial charge in [-0.25, -0.2) is 15.6 Å². The maximum Gasteiger partial charge on any atom is 0.428 e. The van der Waals surface area contributed by atoms with Crippen LogP contribution in [0, 0.1) is 0 Å². The number of hydrazine groups is 1. The number of rotatable bonds is 2. The van der Waals surface area contributed by atoms with E-state index in [1.165, 1.54) is 14.2 Å². The fourth-order valence-corrected chi connectivity index (χ4v) is 0.964. The Hall–Kier alpha value is -1.75. The summed E-state index contributed by atoms with van der Waals surface area (Å²) >= 11 is 0. The lowest BCUT2D eigenvalue weighted by molar-refractivity contribution is 0.178. The Morgan fingerprint density at radius 2 is 2.14 bits per heavy atom. The van der Waals surface area contributed by atoms with Crippen LogP contribution in [0.2, 0.25) is 0 Å². The lowest BCUT2D eigenvalue weighted by Gasteiger charge is -2.15. The summed E-state index contributed by atoms with van der Waals surface area (Å²) in [6, 6.07) is 6.81. The molecule has 0 aliphatic heterocycles. The van der Waals surface area contributed by atoms with Gasteiger partial charge in [-0.2, -0.15) is 0 Å². The van der Waals surface area contributed by atoms with Gasteiger partial charge in [0.25, 0.3) is 0 Å². The van der Waals surface area contributed by atoms with Crippen molar-refractivity contribution >= 4 is 11.8 Å². The first-order valence-electron chi connectivity index (χ1n) is 3.96. The van der Waals surface area contributed by atoms with Crippen LogP contribution in [-0.2, 0) is 4.74 Å². The molecule has 0 aromatic heterocycles. The number of benzene rings is 1. The van der Waals surface area contributed by atoms with Crippen molar-refractivity contribution in [3.05, 3.63) is 24.3 Å². The molecule has 1 aromatic carbocycles. The Kier molecular flexibility index (Phi) is 3.30. The molecule has 0 aliphatic rings. The minimum atomic E-state index is -0.627. The van der Waals surface area contributed by atoms with Crippen molar-refractivity contribution in [2.45, 2.75) is 0 Å². The highest BCUT2D eigenvalue weighted by Crippen LogP contribution is 2.19. The van der Waals surface area contributed by atoms with Gasteiger partial charge in [0.15, 0.2) is 0 Å². The summed E-state index contributed by atoms with van der Waals surface area (Å²) < 4.78 is 9.45. The fourth-order valence-electron chi connectivity index (χ4n) is 0.964. The van der Waals surface area contributed by atoms with Crippen LogP contribution in [0.15, 0.2) is 24.3 Å². The van der Waals surface area contributed by atoms with Gasteiger partial charge in [0, 0.05) is 6.07 Å². The molecule has 0 saturated heterocycles. The number of carbonyl (C=O) groups excluding carboxylic acids is 1. The van der Waals surface area contributed by atoms with Crippen molar-refractivity contribution in [1.29, 1.82) is 0 Å². The first-order chi connectivity index (χ1) is 6.69. The van der Waals surface area contributed by atoms with Gasteiger partial charge in [-0.3, -0.25) is 0 Å². The molecule has 5 nitrogen and oxygen atoms in total. The van der Waals surface area contributed by atoms with Gasteiger partial charge >= 0.3 is 6.09 Å². The molecule has 5 heteroatoms. The second kappa shape index (κ2) is 4.48. The zero-order chi connectivity index (χ0) is 10.6. The molecule has 0 radical (unpaired) electrons. The number of amides is 1. The zero-order valence-electron chi connectivity index (χ0n) is 8.06. The third-order valence-corrected chi connectivity index (χ3v) is 1.70. The SMILES string of the molecule is COC(=O)N(N)c1cccc(OC)c1. The summed E-state index contributed by atoms with van der Waals surface area (Å²) in [5.41, 5.74) is 0.510. The van der Waals surface area contributed by atoms with E-state index in [4.69, 9.17) is 10.6 Å². The van der Waals surface area contributed by atoms with Crippen LogP contribution in [0.5, 0.6) is 5.75 Å². The van der Waals surface area contributed by atoms with Crippen molar-refractivity contribution in [2.24, 2.45) is 5.84 Å². The van der Waals surface area contributed by atoms with E-state index in [1.807, 2.05) is 0 Å². The predicted octanol–water partition coefficient (Wildman–Crippen LogP) is 1.14. The maximum atomic E-state index is 11.0. The summed E-state index contributed by atoms with van der Waals surface area (Å²) in [7, 11) is 2.81. The molecule has 1 rings (SSSR count). The number of nitrogens with two attached hydrogens (primary N) is 1. The molecular weight excluding hydrogens is 184 g/mol. The van der Waals surface area contributed by atoms with Crippen LogP contribution >= 0.6 is 0 Å². The van der Waals surface area contributed by atoms with E-state index >= 15 is 0 Å². The highest BCUT2D eigenvalue weighted by molar-refractivity contribution is 5.86. The van der Waals surface area contributed by atoms with Gasteiger partial charge in [0.05, 0.1) is 19.9 Å². The van der Waals surface area contributed by atoms with Crippen LogP contribution in [0.3, 0.4) is 0 Å². The quantitative estimate of drug-likeness (QED) is 0.437. The van der Waals surface area contributed by atoms with Gasteiger partial charge in [0.1, 0.15) is 5.75 Å². The maximum absolute atomic E-state index is 11.0. The van der Waals surface area contributed by atoms with E-state index < -0.39 is 6.09 Å². The summed E-state index contributed by atoms with van der Waals surface area (Å²) in [5.74, 6) is 6.10. The highest BCUT2D eigenvalue weighted by atomic mass is 16.5. The largest absolute Gasteiger partial charge is 0.497 e. The van der Waals surface area contributed by atoms with Crippen molar-refractivity contribution in [2.75, 3.05) is 19.2 Å². The fraction of sp³-hybridized carbons (Fsp3) is 0.222. The van der Waals surface area contributed by atoms with Crippen LogP contribution in [0.1, 0.15) is 0 Å². The molecule has 0 aliphatic carbocycles. The molecule has 0 heterocycles. The molecule has 14 heavy (non-hydrogen) atoms. The lowest BCUT2D eigenvalue weighted by Crippen LogP contribution is -2.37. The van der Waals surface area contributed by atoms with Crippen molar-refractivity contribution in [1.82, 2.24) is 0 Å². The van der Waals surface area contributed by atoms with Crippen molar-refractivity contribution in [3.63, 3.8) is 0 Å². The van der Waals surface area contributed by atoms with Crippen LogP contribution in [0.25, 0.3) is 0 Å². The number of hydrogen-bond acceptors (Lipinski definition) is 4. The number of carbonyl (C=O) groups is 1. The molecule has 0 saturated carbocycles. The van der Waals surface area contributed by atoms with E-state index in [1.54, 1.807) is 24.3 Å². The van der Waals surface area contributed by atoms with E-state index in [-0.39, 0.29) is 0 Å². The Balaban J connectivity index is 2.89. The predicted molar refractivity (Wildman–Crippen MR) is 52.1 cm³/mol. The summed E-state index contributed by atoms with van der Waals surface area (Å²) in [4.78, 5) is 11.0. The molecule has 0 unspecified atom stereocenters. The zero-order valence-corrected chi connectivity index (χ0v) is 8.06. The molecule has 76 valence electrons.